The molecule has 1 amide bonds. The number of amides is 1. The van der Waals surface area contributed by atoms with Crippen LogP contribution in [0.1, 0.15) is 0 Å². The topological polar surface area (TPSA) is 59.8 Å². The molecule has 0 aliphatic heterocycles. The molecule has 0 unspecified atom stereocenters. The highest BCUT2D eigenvalue weighted by molar-refractivity contribution is 7.14. The normalized spacial score (nSPS) is 10.8. The van der Waals surface area contributed by atoms with Gasteiger partial charge in [0.15, 0.2) is 5.13 Å². The average Bonchev–Trinajstić information content (AvgIpc) is 3.23. The van der Waals surface area contributed by atoms with E-state index in [2.05, 4.69) is 15.3 Å². The summed E-state index contributed by atoms with van der Waals surface area (Å²) >= 11 is 1.42. The summed E-state index contributed by atoms with van der Waals surface area (Å²) in [6.45, 7) is 0.209. The van der Waals surface area contributed by atoms with E-state index in [1.54, 1.807) is 6.33 Å². The van der Waals surface area contributed by atoms with Gasteiger partial charge in [-0.2, -0.15) is 0 Å². The predicted octanol–water partition coefficient (Wildman–Crippen LogP) is 3.80. The number of rotatable bonds is 4. The number of fused-ring (bicyclic) bond motifs is 1. The van der Waals surface area contributed by atoms with Crippen LogP contribution in [0, 0.1) is 0 Å². The van der Waals surface area contributed by atoms with Crippen LogP contribution >= 0.6 is 11.3 Å². The third kappa shape index (κ3) is 2.91. The van der Waals surface area contributed by atoms with Crippen molar-refractivity contribution in [2.24, 2.45) is 0 Å². The first kappa shape index (κ1) is 14.6. The Kier molecular flexibility index (Phi) is 3.80. The number of carbonyl (C=O) groups excluding carboxylic acids is 1. The van der Waals surface area contributed by atoms with Crippen LogP contribution in [0.4, 0.5) is 5.13 Å². The maximum atomic E-state index is 12.3. The van der Waals surface area contributed by atoms with Crippen molar-refractivity contribution in [2.45, 2.75) is 6.54 Å². The Labute approximate surface area is 142 Å². The number of nitrogens with zero attached hydrogens (tertiary/aromatic N) is 3. The van der Waals surface area contributed by atoms with Gasteiger partial charge in [0.05, 0.1) is 23.1 Å². The second-order valence-corrected chi connectivity index (χ2v) is 6.17. The zero-order valence-corrected chi connectivity index (χ0v) is 13.5. The molecule has 0 radical (unpaired) electrons. The van der Waals surface area contributed by atoms with Gasteiger partial charge < -0.3 is 9.88 Å². The molecule has 0 bridgehead atoms. The first-order valence-electron chi connectivity index (χ1n) is 7.50. The molecule has 0 saturated carbocycles. The van der Waals surface area contributed by atoms with Gasteiger partial charge in [-0.15, -0.1) is 11.3 Å². The molecule has 1 N–H and O–H groups in total. The van der Waals surface area contributed by atoms with E-state index < -0.39 is 0 Å². The van der Waals surface area contributed by atoms with Crippen molar-refractivity contribution in [2.75, 3.05) is 5.32 Å². The Morgan fingerprint density at radius 3 is 2.75 bits per heavy atom. The van der Waals surface area contributed by atoms with Crippen molar-refractivity contribution in [1.82, 2.24) is 14.5 Å². The summed E-state index contributed by atoms with van der Waals surface area (Å²) in [5.41, 5.74) is 3.72. The number of hydrogen-bond donors (Lipinski definition) is 1. The molecule has 4 rings (SSSR count). The molecule has 2 aromatic carbocycles. The molecule has 2 heterocycles. The first-order valence-corrected chi connectivity index (χ1v) is 8.38. The molecule has 0 aliphatic rings. The first-order chi connectivity index (χ1) is 11.8. The lowest BCUT2D eigenvalue weighted by molar-refractivity contribution is -0.116. The van der Waals surface area contributed by atoms with Gasteiger partial charge >= 0.3 is 0 Å². The fourth-order valence-corrected chi connectivity index (χ4v) is 3.26. The number of carbonyl (C=O) groups is 1. The van der Waals surface area contributed by atoms with E-state index in [9.17, 15) is 4.79 Å². The van der Waals surface area contributed by atoms with Gasteiger partial charge in [-0.3, -0.25) is 4.79 Å². The van der Waals surface area contributed by atoms with Crippen LogP contribution in [0.15, 0.2) is 66.3 Å². The standard InChI is InChI=1S/C18H14N4OS/c23-17(10-22-12-19-14-8-4-5-9-16(14)22)21-18-20-15(11-24-18)13-6-2-1-3-7-13/h1-9,11-12H,10H2,(H,20,21,23). The van der Waals surface area contributed by atoms with Crippen LogP contribution in [-0.2, 0) is 11.3 Å². The van der Waals surface area contributed by atoms with Crippen LogP contribution < -0.4 is 5.32 Å². The summed E-state index contributed by atoms with van der Waals surface area (Å²) in [5, 5.41) is 5.40. The molecule has 2 aromatic heterocycles. The Morgan fingerprint density at radius 2 is 1.88 bits per heavy atom. The zero-order chi connectivity index (χ0) is 16.4. The second-order valence-electron chi connectivity index (χ2n) is 5.31. The monoisotopic (exact) mass is 334 g/mol. The summed E-state index contributed by atoms with van der Waals surface area (Å²) in [6.07, 6.45) is 1.68. The minimum atomic E-state index is -0.118. The van der Waals surface area contributed by atoms with E-state index >= 15 is 0 Å². The Balaban J connectivity index is 1.48. The maximum absolute atomic E-state index is 12.3. The average molecular weight is 334 g/mol. The minimum absolute atomic E-state index is 0.118. The molecule has 0 saturated heterocycles. The lowest BCUT2D eigenvalue weighted by Gasteiger charge is -2.04. The van der Waals surface area contributed by atoms with Gasteiger partial charge in [-0.25, -0.2) is 9.97 Å². The molecular formula is C18H14N4OS. The van der Waals surface area contributed by atoms with Gasteiger partial charge in [-0.1, -0.05) is 42.5 Å². The van der Waals surface area contributed by atoms with Crippen molar-refractivity contribution in [3.05, 3.63) is 66.3 Å². The fraction of sp³-hybridized carbons (Fsp3) is 0.0556. The van der Waals surface area contributed by atoms with E-state index in [1.165, 1.54) is 11.3 Å². The molecule has 0 spiro atoms. The Hall–Kier alpha value is -2.99. The molecule has 0 atom stereocenters. The smallest absolute Gasteiger partial charge is 0.246 e. The van der Waals surface area contributed by atoms with E-state index in [-0.39, 0.29) is 12.5 Å². The van der Waals surface area contributed by atoms with Gasteiger partial charge in [0.2, 0.25) is 5.91 Å². The Bertz CT molecular complexity index is 990. The molecule has 4 aromatic rings. The Morgan fingerprint density at radius 1 is 1.08 bits per heavy atom. The number of benzene rings is 2. The number of aromatic nitrogens is 3. The number of imidazole rings is 1. The molecule has 24 heavy (non-hydrogen) atoms. The highest BCUT2D eigenvalue weighted by atomic mass is 32.1. The minimum Gasteiger partial charge on any atom is -0.321 e. The lowest BCUT2D eigenvalue weighted by atomic mass is 10.2. The number of anilines is 1. The largest absolute Gasteiger partial charge is 0.321 e. The number of nitrogens with one attached hydrogen (secondary N) is 1. The molecule has 0 fully saturated rings. The van der Waals surface area contributed by atoms with Crippen LogP contribution in [0.2, 0.25) is 0 Å². The SMILES string of the molecule is O=C(Cn1cnc2ccccc21)Nc1nc(-c2ccccc2)cs1. The third-order valence-electron chi connectivity index (χ3n) is 3.66. The van der Waals surface area contributed by atoms with Crippen LogP contribution in [0.25, 0.3) is 22.3 Å². The number of para-hydroxylation sites is 2. The summed E-state index contributed by atoms with van der Waals surface area (Å²) in [5.74, 6) is -0.118. The second kappa shape index (κ2) is 6.25. The van der Waals surface area contributed by atoms with Gasteiger partial charge in [0.1, 0.15) is 6.54 Å². The van der Waals surface area contributed by atoms with E-state index in [1.807, 2.05) is 64.5 Å². The molecule has 6 heteroatoms. The van der Waals surface area contributed by atoms with Crippen molar-refractivity contribution >= 4 is 33.4 Å². The third-order valence-corrected chi connectivity index (χ3v) is 4.42. The van der Waals surface area contributed by atoms with E-state index in [0.29, 0.717) is 5.13 Å². The molecular weight excluding hydrogens is 320 g/mol. The quantitative estimate of drug-likeness (QED) is 0.617. The number of hydrogen-bond acceptors (Lipinski definition) is 4. The van der Waals surface area contributed by atoms with Crippen molar-refractivity contribution in [3.63, 3.8) is 0 Å². The van der Waals surface area contributed by atoms with Crippen LogP contribution in [0.5, 0.6) is 0 Å². The van der Waals surface area contributed by atoms with Crippen LogP contribution in [0.3, 0.4) is 0 Å². The summed E-state index contributed by atoms with van der Waals surface area (Å²) in [6, 6.07) is 17.6. The van der Waals surface area contributed by atoms with Gasteiger partial charge in [0.25, 0.3) is 0 Å². The van der Waals surface area contributed by atoms with Crippen LogP contribution in [-0.4, -0.2) is 20.4 Å². The summed E-state index contributed by atoms with van der Waals surface area (Å²) < 4.78 is 1.83. The van der Waals surface area contributed by atoms with Gasteiger partial charge in [-0.05, 0) is 12.1 Å². The molecule has 5 nitrogen and oxygen atoms in total. The lowest BCUT2D eigenvalue weighted by Crippen LogP contribution is -2.18. The highest BCUT2D eigenvalue weighted by Crippen LogP contribution is 2.24. The number of thiazole rings is 1. The molecule has 118 valence electrons. The molecule has 0 aliphatic carbocycles. The summed E-state index contributed by atoms with van der Waals surface area (Å²) in [4.78, 5) is 21.0. The zero-order valence-electron chi connectivity index (χ0n) is 12.7. The summed E-state index contributed by atoms with van der Waals surface area (Å²) in [7, 11) is 0. The van der Waals surface area contributed by atoms with E-state index in [4.69, 9.17) is 0 Å². The van der Waals surface area contributed by atoms with Crippen molar-refractivity contribution in [1.29, 1.82) is 0 Å². The van der Waals surface area contributed by atoms with Crippen molar-refractivity contribution in [3.8, 4) is 11.3 Å². The van der Waals surface area contributed by atoms with Gasteiger partial charge in [0, 0.05) is 10.9 Å². The fourth-order valence-electron chi connectivity index (χ4n) is 2.52. The maximum Gasteiger partial charge on any atom is 0.246 e. The van der Waals surface area contributed by atoms with E-state index in [0.717, 1.165) is 22.3 Å². The van der Waals surface area contributed by atoms with Crippen molar-refractivity contribution < 1.29 is 4.79 Å². The predicted molar refractivity (Wildman–Crippen MR) is 95.9 cm³/mol. The highest BCUT2D eigenvalue weighted by Gasteiger charge is 2.10.